The summed E-state index contributed by atoms with van der Waals surface area (Å²) in [5.41, 5.74) is 4.52. The van der Waals surface area contributed by atoms with Crippen LogP contribution in [-0.4, -0.2) is 18.3 Å². The second-order valence-corrected chi connectivity index (χ2v) is 6.51. The summed E-state index contributed by atoms with van der Waals surface area (Å²) < 4.78 is 11.2. The highest BCUT2D eigenvalue weighted by Gasteiger charge is 2.15. The van der Waals surface area contributed by atoms with Crippen LogP contribution in [0.15, 0.2) is 36.4 Å². The number of anilines is 1. The van der Waals surface area contributed by atoms with E-state index in [1.807, 2.05) is 18.2 Å². The molecule has 2 N–H and O–H groups in total. The van der Waals surface area contributed by atoms with Gasteiger partial charge in [0.15, 0.2) is 16.6 Å². The van der Waals surface area contributed by atoms with Crippen molar-refractivity contribution in [2.75, 3.05) is 18.5 Å². The zero-order valence-electron chi connectivity index (χ0n) is 14.2. The zero-order chi connectivity index (χ0) is 17.1. The second-order valence-electron chi connectivity index (χ2n) is 6.10. The lowest BCUT2D eigenvalue weighted by Gasteiger charge is -2.22. The molecule has 1 aliphatic rings. The fraction of sp³-hybridized carbons (Fsp3) is 0.316. The number of rotatable bonds is 3. The summed E-state index contributed by atoms with van der Waals surface area (Å²) in [6.45, 7) is 7.41. The first-order valence-corrected chi connectivity index (χ1v) is 8.47. The summed E-state index contributed by atoms with van der Waals surface area (Å²) in [6.07, 6.45) is 0. The van der Waals surface area contributed by atoms with Crippen molar-refractivity contribution in [2.24, 2.45) is 0 Å². The van der Waals surface area contributed by atoms with Crippen molar-refractivity contribution in [3.8, 4) is 11.5 Å². The van der Waals surface area contributed by atoms with E-state index >= 15 is 0 Å². The van der Waals surface area contributed by atoms with Crippen LogP contribution in [0.2, 0.25) is 0 Å². The van der Waals surface area contributed by atoms with Crippen molar-refractivity contribution in [1.82, 2.24) is 5.32 Å². The van der Waals surface area contributed by atoms with Gasteiger partial charge in [0.1, 0.15) is 13.2 Å². The molecule has 24 heavy (non-hydrogen) atoms. The fourth-order valence-electron chi connectivity index (χ4n) is 2.82. The average Bonchev–Trinajstić information content (AvgIpc) is 2.53. The SMILES string of the molecule is Cc1cc(C)cc(NC(=S)N[C@H](C)c2ccc3c(c2)OCCO3)c1. The minimum absolute atomic E-state index is 0.0618. The smallest absolute Gasteiger partial charge is 0.171 e. The molecule has 5 heteroatoms. The van der Waals surface area contributed by atoms with E-state index in [0.717, 1.165) is 22.7 Å². The summed E-state index contributed by atoms with van der Waals surface area (Å²) in [7, 11) is 0. The first-order valence-electron chi connectivity index (χ1n) is 8.06. The Balaban J connectivity index is 1.65. The molecule has 0 saturated heterocycles. The second kappa shape index (κ2) is 7.09. The number of ether oxygens (including phenoxy) is 2. The molecule has 2 aromatic carbocycles. The van der Waals surface area contributed by atoms with Gasteiger partial charge in [0.25, 0.3) is 0 Å². The Labute approximate surface area is 148 Å². The van der Waals surface area contributed by atoms with Crippen LogP contribution in [-0.2, 0) is 0 Å². The van der Waals surface area contributed by atoms with E-state index < -0.39 is 0 Å². The average molecular weight is 342 g/mol. The molecule has 0 unspecified atom stereocenters. The third-order valence-electron chi connectivity index (χ3n) is 3.89. The minimum atomic E-state index is 0.0618. The molecule has 0 bridgehead atoms. The molecular formula is C19H22N2O2S. The van der Waals surface area contributed by atoms with Gasteiger partial charge in [-0.25, -0.2) is 0 Å². The Morgan fingerprint density at radius 1 is 1.00 bits per heavy atom. The Hall–Kier alpha value is -2.27. The van der Waals surface area contributed by atoms with Gasteiger partial charge in [-0.2, -0.15) is 0 Å². The molecule has 0 aliphatic carbocycles. The highest BCUT2D eigenvalue weighted by Crippen LogP contribution is 2.32. The maximum atomic E-state index is 5.64. The number of hydrogen-bond acceptors (Lipinski definition) is 3. The molecule has 0 spiro atoms. The van der Waals surface area contributed by atoms with Crippen molar-refractivity contribution in [3.63, 3.8) is 0 Å². The van der Waals surface area contributed by atoms with Gasteiger partial charge in [-0.05, 0) is 73.9 Å². The van der Waals surface area contributed by atoms with Crippen LogP contribution in [0.5, 0.6) is 11.5 Å². The van der Waals surface area contributed by atoms with E-state index in [2.05, 4.69) is 49.6 Å². The van der Waals surface area contributed by atoms with Crippen molar-refractivity contribution in [1.29, 1.82) is 0 Å². The van der Waals surface area contributed by atoms with Crippen LogP contribution in [0, 0.1) is 13.8 Å². The van der Waals surface area contributed by atoms with Gasteiger partial charge in [0.2, 0.25) is 0 Å². The van der Waals surface area contributed by atoms with E-state index in [0.29, 0.717) is 18.3 Å². The molecule has 0 aromatic heterocycles. The monoisotopic (exact) mass is 342 g/mol. The summed E-state index contributed by atoms with van der Waals surface area (Å²) >= 11 is 5.44. The first kappa shape index (κ1) is 16.6. The maximum absolute atomic E-state index is 5.64. The normalized spacial score (nSPS) is 14.0. The highest BCUT2D eigenvalue weighted by molar-refractivity contribution is 7.80. The van der Waals surface area contributed by atoms with Crippen LogP contribution in [0.4, 0.5) is 5.69 Å². The van der Waals surface area contributed by atoms with Crippen molar-refractivity contribution in [3.05, 3.63) is 53.1 Å². The van der Waals surface area contributed by atoms with Gasteiger partial charge < -0.3 is 20.1 Å². The van der Waals surface area contributed by atoms with Gasteiger partial charge in [-0.1, -0.05) is 12.1 Å². The molecule has 4 nitrogen and oxygen atoms in total. The van der Waals surface area contributed by atoms with Gasteiger partial charge >= 0.3 is 0 Å². The van der Waals surface area contributed by atoms with E-state index in [-0.39, 0.29) is 6.04 Å². The molecule has 0 fully saturated rings. The van der Waals surface area contributed by atoms with Crippen LogP contribution >= 0.6 is 12.2 Å². The van der Waals surface area contributed by atoms with Gasteiger partial charge in [0.05, 0.1) is 6.04 Å². The molecule has 0 radical (unpaired) electrons. The summed E-state index contributed by atoms with van der Waals surface area (Å²) in [5.74, 6) is 1.59. The lowest BCUT2D eigenvalue weighted by molar-refractivity contribution is 0.171. The van der Waals surface area contributed by atoms with Crippen molar-refractivity contribution in [2.45, 2.75) is 26.8 Å². The van der Waals surface area contributed by atoms with Crippen molar-refractivity contribution >= 4 is 23.0 Å². The van der Waals surface area contributed by atoms with Gasteiger partial charge in [0, 0.05) is 5.69 Å². The summed E-state index contributed by atoms with van der Waals surface area (Å²) in [4.78, 5) is 0. The van der Waals surface area contributed by atoms with E-state index in [1.165, 1.54) is 11.1 Å². The largest absolute Gasteiger partial charge is 0.486 e. The molecule has 1 aliphatic heterocycles. The molecule has 1 atom stereocenters. The third-order valence-corrected chi connectivity index (χ3v) is 4.11. The minimum Gasteiger partial charge on any atom is -0.486 e. The Morgan fingerprint density at radius 2 is 1.67 bits per heavy atom. The standard InChI is InChI=1S/C19H22N2O2S/c1-12-8-13(2)10-16(9-12)21-19(24)20-14(3)15-4-5-17-18(11-15)23-7-6-22-17/h4-5,8-11,14H,6-7H2,1-3H3,(H2,20,21,24)/t14-/m1/s1. The fourth-order valence-corrected chi connectivity index (χ4v) is 3.12. The first-order chi connectivity index (χ1) is 11.5. The zero-order valence-corrected chi connectivity index (χ0v) is 15.0. The number of hydrogen-bond donors (Lipinski definition) is 2. The predicted molar refractivity (Wildman–Crippen MR) is 101 cm³/mol. The number of benzene rings is 2. The molecule has 0 saturated carbocycles. The molecule has 1 heterocycles. The summed E-state index contributed by atoms with van der Waals surface area (Å²) in [6, 6.07) is 12.3. The van der Waals surface area contributed by atoms with Gasteiger partial charge in [-0.3, -0.25) is 0 Å². The van der Waals surface area contributed by atoms with Crippen molar-refractivity contribution < 1.29 is 9.47 Å². The third kappa shape index (κ3) is 3.97. The molecule has 3 rings (SSSR count). The number of fused-ring (bicyclic) bond motifs is 1. The lowest BCUT2D eigenvalue weighted by Crippen LogP contribution is -2.31. The van der Waals surface area contributed by atoms with Crippen LogP contribution in [0.3, 0.4) is 0 Å². The van der Waals surface area contributed by atoms with Crippen LogP contribution in [0.1, 0.15) is 29.7 Å². The predicted octanol–water partition coefficient (Wildman–Crippen LogP) is 4.12. The molecule has 126 valence electrons. The van der Waals surface area contributed by atoms with E-state index in [9.17, 15) is 0 Å². The maximum Gasteiger partial charge on any atom is 0.171 e. The van der Waals surface area contributed by atoms with E-state index in [1.54, 1.807) is 0 Å². The molecule has 0 amide bonds. The van der Waals surface area contributed by atoms with E-state index in [4.69, 9.17) is 21.7 Å². The Morgan fingerprint density at radius 3 is 2.38 bits per heavy atom. The molecular weight excluding hydrogens is 320 g/mol. The number of aryl methyl sites for hydroxylation is 2. The van der Waals surface area contributed by atoms with Gasteiger partial charge in [-0.15, -0.1) is 0 Å². The highest BCUT2D eigenvalue weighted by atomic mass is 32.1. The topological polar surface area (TPSA) is 42.5 Å². The Bertz CT molecular complexity index is 741. The Kier molecular flexibility index (Phi) is 4.90. The molecule has 2 aromatic rings. The van der Waals surface area contributed by atoms with Crippen LogP contribution in [0.25, 0.3) is 0 Å². The number of thiocarbonyl (C=S) groups is 1. The summed E-state index contributed by atoms with van der Waals surface area (Å²) in [5, 5.41) is 7.16. The van der Waals surface area contributed by atoms with Crippen LogP contribution < -0.4 is 20.1 Å². The number of nitrogens with one attached hydrogen (secondary N) is 2. The quantitative estimate of drug-likeness (QED) is 0.821. The lowest BCUT2D eigenvalue weighted by atomic mass is 10.1.